The van der Waals surface area contributed by atoms with Crippen LogP contribution in [-0.2, 0) is 16.6 Å². The number of aryl methyl sites for hydroxylation is 1. The molecule has 0 unspecified atom stereocenters. The van der Waals surface area contributed by atoms with Crippen molar-refractivity contribution in [2.24, 2.45) is 8.80 Å². The first-order chi connectivity index (χ1) is 10.00. The number of rotatable bonds is 6. The number of nitrogens with two attached hydrogens (primary N) is 1. The summed E-state index contributed by atoms with van der Waals surface area (Å²) in [5.74, 6) is 2.88. The Morgan fingerprint density at radius 2 is 2.10 bits per heavy atom. The Morgan fingerprint density at radius 1 is 1.33 bits per heavy atom. The van der Waals surface area contributed by atoms with E-state index in [2.05, 4.69) is 24.4 Å². The van der Waals surface area contributed by atoms with Crippen molar-refractivity contribution >= 4 is 39.7 Å². The molecule has 0 saturated heterocycles. The van der Waals surface area contributed by atoms with E-state index in [-0.39, 0.29) is 17.7 Å². The van der Waals surface area contributed by atoms with Gasteiger partial charge in [0, 0.05) is 31.5 Å². The van der Waals surface area contributed by atoms with Gasteiger partial charge in [0.1, 0.15) is 5.76 Å². The van der Waals surface area contributed by atoms with E-state index in [9.17, 15) is 8.42 Å². The zero-order valence-corrected chi connectivity index (χ0v) is 13.0. The molecule has 116 valence electrons. The Kier molecular flexibility index (Phi) is 5.07. The number of hydrogen-bond acceptors (Lipinski definition) is 8. The lowest BCUT2D eigenvalue weighted by atomic mass is 10.4. The van der Waals surface area contributed by atoms with Gasteiger partial charge < -0.3 is 20.8 Å². The van der Waals surface area contributed by atoms with Gasteiger partial charge in [-0.2, -0.15) is 20.2 Å². The third-order valence-electron chi connectivity index (χ3n) is 2.48. The highest BCUT2D eigenvalue weighted by Gasteiger charge is 2.22. The van der Waals surface area contributed by atoms with Gasteiger partial charge in [-0.25, -0.2) is 4.98 Å². The van der Waals surface area contributed by atoms with Crippen LogP contribution in [0.1, 0.15) is 5.76 Å². The van der Waals surface area contributed by atoms with E-state index in [0.29, 0.717) is 6.54 Å². The Bertz CT molecular complexity index is 652. The third kappa shape index (κ3) is 4.63. The second kappa shape index (κ2) is 6.80. The van der Waals surface area contributed by atoms with E-state index in [4.69, 9.17) is 10.2 Å². The predicted molar refractivity (Wildman–Crippen MR) is 82.8 cm³/mol. The smallest absolute Gasteiger partial charge is 0.367 e. The molecule has 2 rings (SSSR count). The molecule has 0 fully saturated rings. The quantitative estimate of drug-likeness (QED) is 0.588. The normalized spacial score (nSPS) is 16.4. The standard InChI is InChI=1S/C10H16N6O3S2/c1-12-8-9(16-21(17,18)15-8)13-3-5-20-4-2-7-6-14-10(11)19-7/h6H,2-5H2,1H3,(H2,11,14)(H,12,15)(H,13,16). The zero-order chi connectivity index (χ0) is 15.3. The molecular formula is C10H16N6O3S2. The maximum atomic E-state index is 11.2. The lowest BCUT2D eigenvalue weighted by Crippen LogP contribution is -2.37. The zero-order valence-electron chi connectivity index (χ0n) is 11.4. The minimum atomic E-state index is -3.72. The summed E-state index contributed by atoms with van der Waals surface area (Å²) in [5.41, 5.74) is 5.37. The number of thioether (sulfide) groups is 1. The van der Waals surface area contributed by atoms with Gasteiger partial charge in [0.15, 0.2) is 11.7 Å². The number of oxazole rings is 1. The molecule has 0 bridgehead atoms. The van der Waals surface area contributed by atoms with E-state index in [1.165, 1.54) is 0 Å². The van der Waals surface area contributed by atoms with Crippen molar-refractivity contribution in [3.8, 4) is 0 Å². The second-order valence-electron chi connectivity index (χ2n) is 4.03. The molecule has 11 heteroatoms. The van der Waals surface area contributed by atoms with Gasteiger partial charge in [0.25, 0.3) is 6.01 Å². The van der Waals surface area contributed by atoms with E-state index >= 15 is 0 Å². The summed E-state index contributed by atoms with van der Waals surface area (Å²) in [5, 5.41) is 5.63. The van der Waals surface area contributed by atoms with E-state index in [1.54, 1.807) is 25.0 Å². The molecule has 1 aromatic heterocycles. The number of likely N-dealkylation sites (N-methyl/N-ethyl adjacent to an activating group) is 1. The van der Waals surface area contributed by atoms with Crippen LogP contribution in [0.15, 0.2) is 19.4 Å². The number of hydrogen-bond donors (Lipinski definition) is 3. The molecule has 9 nitrogen and oxygen atoms in total. The fourth-order valence-electron chi connectivity index (χ4n) is 1.57. The van der Waals surface area contributed by atoms with Crippen LogP contribution in [-0.4, -0.2) is 50.2 Å². The first-order valence-corrected chi connectivity index (χ1v) is 8.70. The number of amidine groups is 2. The second-order valence-corrected chi connectivity index (χ2v) is 6.52. The summed E-state index contributed by atoms with van der Waals surface area (Å²) in [4.78, 5) is 3.81. The minimum Gasteiger partial charge on any atom is -0.429 e. The highest BCUT2D eigenvalue weighted by Crippen LogP contribution is 2.09. The fourth-order valence-corrected chi connectivity index (χ4v) is 3.20. The molecule has 0 aliphatic carbocycles. The number of nitrogens with one attached hydrogen (secondary N) is 2. The first kappa shape index (κ1) is 15.6. The van der Waals surface area contributed by atoms with Gasteiger partial charge in [0.05, 0.1) is 6.20 Å². The maximum Gasteiger partial charge on any atom is 0.367 e. The SMILES string of the molecule is CNC1=NS(=O)(=O)N=C1NCCSCCc1cnc(N)o1. The average molecular weight is 332 g/mol. The summed E-state index contributed by atoms with van der Waals surface area (Å²) in [7, 11) is -2.13. The van der Waals surface area contributed by atoms with E-state index in [0.717, 1.165) is 23.7 Å². The van der Waals surface area contributed by atoms with Crippen molar-refractivity contribution in [2.45, 2.75) is 6.42 Å². The van der Waals surface area contributed by atoms with E-state index in [1.807, 2.05) is 0 Å². The van der Waals surface area contributed by atoms with Crippen LogP contribution >= 0.6 is 11.8 Å². The molecule has 0 atom stereocenters. The molecule has 0 radical (unpaired) electrons. The van der Waals surface area contributed by atoms with Gasteiger partial charge in [-0.3, -0.25) is 0 Å². The highest BCUT2D eigenvalue weighted by atomic mass is 32.2. The molecule has 0 aromatic carbocycles. The van der Waals surface area contributed by atoms with Gasteiger partial charge in [0.2, 0.25) is 0 Å². The molecular weight excluding hydrogens is 316 g/mol. The average Bonchev–Trinajstić information content (AvgIpc) is 2.96. The van der Waals surface area contributed by atoms with Gasteiger partial charge in [-0.1, -0.05) is 0 Å². The van der Waals surface area contributed by atoms with Crippen molar-refractivity contribution in [1.29, 1.82) is 0 Å². The van der Waals surface area contributed by atoms with Crippen molar-refractivity contribution in [3.05, 3.63) is 12.0 Å². The molecule has 1 aliphatic heterocycles. The van der Waals surface area contributed by atoms with Gasteiger partial charge >= 0.3 is 10.2 Å². The fraction of sp³-hybridized carbons (Fsp3) is 0.500. The van der Waals surface area contributed by atoms with Crippen molar-refractivity contribution < 1.29 is 12.8 Å². The Morgan fingerprint density at radius 3 is 2.76 bits per heavy atom. The van der Waals surface area contributed by atoms with Gasteiger partial charge in [-0.05, 0) is 0 Å². The van der Waals surface area contributed by atoms with Crippen molar-refractivity contribution in [3.63, 3.8) is 0 Å². The van der Waals surface area contributed by atoms with Crippen molar-refractivity contribution in [2.75, 3.05) is 30.8 Å². The summed E-state index contributed by atoms with van der Waals surface area (Å²) in [6.07, 6.45) is 2.36. The molecule has 1 aliphatic rings. The minimum absolute atomic E-state index is 0.177. The number of nitrogen functional groups attached to an aromatic ring is 1. The summed E-state index contributed by atoms with van der Waals surface area (Å²) < 4.78 is 34.5. The van der Waals surface area contributed by atoms with Gasteiger partial charge in [-0.15, -0.1) is 8.80 Å². The largest absolute Gasteiger partial charge is 0.429 e. The molecule has 2 heterocycles. The van der Waals surface area contributed by atoms with E-state index < -0.39 is 10.2 Å². The molecule has 4 N–H and O–H groups in total. The van der Waals surface area contributed by atoms with Crippen LogP contribution in [0.2, 0.25) is 0 Å². The number of aromatic nitrogens is 1. The van der Waals surface area contributed by atoms with Crippen molar-refractivity contribution in [1.82, 2.24) is 15.6 Å². The molecule has 0 spiro atoms. The summed E-state index contributed by atoms with van der Waals surface area (Å²) in [6.45, 7) is 0.582. The predicted octanol–water partition coefficient (Wildman–Crippen LogP) is -0.603. The van der Waals surface area contributed by atoms with Crippen LogP contribution < -0.4 is 16.4 Å². The summed E-state index contributed by atoms with van der Waals surface area (Å²) in [6, 6.07) is 0.177. The summed E-state index contributed by atoms with van der Waals surface area (Å²) >= 11 is 1.69. The Hall–Kier alpha value is -1.75. The number of anilines is 1. The van der Waals surface area contributed by atoms with Crippen LogP contribution in [0, 0.1) is 0 Å². The topological polar surface area (TPSA) is 135 Å². The lowest BCUT2D eigenvalue weighted by molar-refractivity contribution is 0.531. The monoisotopic (exact) mass is 332 g/mol. The van der Waals surface area contributed by atoms with Crippen LogP contribution in [0.3, 0.4) is 0 Å². The number of nitrogens with zero attached hydrogens (tertiary/aromatic N) is 3. The highest BCUT2D eigenvalue weighted by molar-refractivity contribution is 7.99. The third-order valence-corrected chi connectivity index (χ3v) is 4.29. The van der Waals surface area contributed by atoms with Crippen LogP contribution in [0.25, 0.3) is 0 Å². The van der Waals surface area contributed by atoms with Crippen LogP contribution in [0.5, 0.6) is 0 Å². The first-order valence-electron chi connectivity index (χ1n) is 6.15. The van der Waals surface area contributed by atoms with Crippen LogP contribution in [0.4, 0.5) is 6.01 Å². The molecule has 21 heavy (non-hydrogen) atoms. The Labute approximate surface area is 126 Å². The maximum absolute atomic E-state index is 11.2. The molecule has 0 saturated carbocycles. The Balaban J connectivity index is 1.65. The molecule has 0 amide bonds. The lowest BCUT2D eigenvalue weighted by Gasteiger charge is -2.06. The molecule has 1 aromatic rings.